The number of benzene rings is 1. The summed E-state index contributed by atoms with van der Waals surface area (Å²) in [4.78, 5) is 0.968. The predicted molar refractivity (Wildman–Crippen MR) is 119 cm³/mol. The largest absolute Gasteiger partial charge is 0.497 e. The highest BCUT2D eigenvalue weighted by atomic mass is 32.2. The van der Waals surface area contributed by atoms with Crippen molar-refractivity contribution in [2.75, 3.05) is 7.11 Å². The van der Waals surface area contributed by atoms with Gasteiger partial charge in [-0.1, -0.05) is 31.7 Å². The van der Waals surface area contributed by atoms with Gasteiger partial charge in [-0.25, -0.2) is 0 Å². The molecule has 0 fully saturated rings. The van der Waals surface area contributed by atoms with Crippen molar-refractivity contribution in [2.24, 2.45) is 5.92 Å². The number of thioether (sulfide) groups is 1. The molecule has 0 radical (unpaired) electrons. The van der Waals surface area contributed by atoms with E-state index >= 15 is 0 Å². The summed E-state index contributed by atoms with van der Waals surface area (Å²) in [7, 11) is 1.66. The molecule has 30 heavy (non-hydrogen) atoms. The quantitative estimate of drug-likeness (QED) is 0.331. The van der Waals surface area contributed by atoms with E-state index in [9.17, 15) is 0 Å². The van der Waals surface area contributed by atoms with Crippen molar-refractivity contribution in [3.8, 4) is 27.9 Å². The van der Waals surface area contributed by atoms with Crippen LogP contribution in [0.2, 0.25) is 0 Å². The van der Waals surface area contributed by atoms with Gasteiger partial charge in [-0.15, -0.1) is 31.7 Å². The van der Waals surface area contributed by atoms with Crippen LogP contribution in [0.3, 0.4) is 0 Å². The van der Waals surface area contributed by atoms with E-state index in [4.69, 9.17) is 9.15 Å². The summed E-state index contributed by atoms with van der Waals surface area (Å²) in [5, 5.41) is 20.1. The smallest absolute Gasteiger partial charge is 0.257 e. The lowest BCUT2D eigenvalue weighted by molar-refractivity contribution is 0.415. The van der Waals surface area contributed by atoms with Gasteiger partial charge in [0.15, 0.2) is 11.0 Å². The van der Waals surface area contributed by atoms with Gasteiger partial charge in [0, 0.05) is 12.1 Å². The minimum absolute atomic E-state index is 0.0509. The average Bonchev–Trinajstić information content (AvgIpc) is 3.49. The maximum absolute atomic E-state index is 5.90. The zero-order chi connectivity index (χ0) is 21.1. The van der Waals surface area contributed by atoms with Crippen LogP contribution in [-0.2, 0) is 6.54 Å². The number of ether oxygens (including phenoxy) is 1. The van der Waals surface area contributed by atoms with Crippen molar-refractivity contribution >= 4 is 23.1 Å². The molecule has 0 bridgehead atoms. The third kappa shape index (κ3) is 4.41. The lowest BCUT2D eigenvalue weighted by Crippen LogP contribution is -2.08. The fourth-order valence-electron chi connectivity index (χ4n) is 2.97. The first-order chi connectivity index (χ1) is 14.5. The third-order valence-corrected chi connectivity index (χ3v) is 6.34. The van der Waals surface area contributed by atoms with E-state index in [2.05, 4.69) is 38.8 Å². The Labute approximate surface area is 183 Å². The molecule has 0 saturated carbocycles. The second-order valence-corrected chi connectivity index (χ2v) is 9.48. The lowest BCUT2D eigenvalue weighted by Gasteiger charge is -2.14. The van der Waals surface area contributed by atoms with Gasteiger partial charge in [-0.2, -0.15) is 0 Å². The van der Waals surface area contributed by atoms with Crippen LogP contribution in [0.4, 0.5) is 0 Å². The number of nitrogens with zero attached hydrogens (tertiary/aromatic N) is 5. The van der Waals surface area contributed by atoms with Crippen LogP contribution in [0, 0.1) is 5.92 Å². The molecule has 0 N–H and O–H groups in total. The Hall–Kier alpha value is -2.65. The number of aromatic nitrogens is 5. The number of thiophene rings is 1. The normalized spacial score (nSPS) is 12.4. The molecule has 4 aromatic rings. The van der Waals surface area contributed by atoms with Gasteiger partial charge in [0.05, 0.1) is 17.2 Å². The van der Waals surface area contributed by atoms with Crippen molar-refractivity contribution in [3.05, 3.63) is 47.7 Å². The Balaban J connectivity index is 1.59. The highest BCUT2D eigenvalue weighted by Crippen LogP contribution is 2.36. The second-order valence-electron chi connectivity index (χ2n) is 7.22. The van der Waals surface area contributed by atoms with Crippen molar-refractivity contribution in [3.63, 3.8) is 0 Å². The number of methoxy groups -OCH3 is 1. The molecule has 3 aromatic heterocycles. The van der Waals surface area contributed by atoms with E-state index in [1.807, 2.05) is 48.7 Å². The first-order valence-electron chi connectivity index (χ1n) is 9.66. The third-order valence-electron chi connectivity index (χ3n) is 4.42. The standard InChI is InChI=1S/C21H23N5O2S2/c1-13(2)12-26-18(15-7-9-16(27-4)10-8-15)22-25-21(26)30-14(3)19-23-24-20(28-19)17-6-5-11-29-17/h5-11,13-14H,12H2,1-4H3/t14-/m1/s1. The highest BCUT2D eigenvalue weighted by Gasteiger charge is 2.22. The summed E-state index contributed by atoms with van der Waals surface area (Å²) in [6, 6.07) is 11.8. The van der Waals surface area contributed by atoms with Gasteiger partial charge in [0.2, 0.25) is 5.89 Å². The molecule has 1 atom stereocenters. The SMILES string of the molecule is COc1ccc(-c2nnc(S[C@H](C)c3nnc(-c4cccs4)o3)n2CC(C)C)cc1. The van der Waals surface area contributed by atoms with E-state index in [0.717, 1.165) is 33.7 Å². The Morgan fingerprint density at radius 3 is 2.53 bits per heavy atom. The molecule has 0 aliphatic heterocycles. The Morgan fingerprint density at radius 1 is 1.07 bits per heavy atom. The van der Waals surface area contributed by atoms with Crippen molar-refractivity contribution in [2.45, 2.75) is 37.7 Å². The molecule has 0 spiro atoms. The molecule has 7 nitrogen and oxygen atoms in total. The Morgan fingerprint density at radius 2 is 1.87 bits per heavy atom. The monoisotopic (exact) mass is 441 g/mol. The summed E-state index contributed by atoms with van der Waals surface area (Å²) in [6.07, 6.45) is 0. The molecule has 156 valence electrons. The van der Waals surface area contributed by atoms with E-state index in [1.165, 1.54) is 0 Å². The molecule has 9 heteroatoms. The zero-order valence-corrected chi connectivity index (χ0v) is 18.9. The molecule has 0 saturated heterocycles. The summed E-state index contributed by atoms with van der Waals surface area (Å²) in [5.74, 6) is 3.23. The number of hydrogen-bond donors (Lipinski definition) is 0. The highest BCUT2D eigenvalue weighted by molar-refractivity contribution is 7.99. The molecule has 3 heterocycles. The molecule has 4 rings (SSSR count). The van der Waals surface area contributed by atoms with E-state index in [0.29, 0.717) is 17.7 Å². The van der Waals surface area contributed by atoms with Gasteiger partial charge in [-0.05, 0) is 48.6 Å². The number of hydrogen-bond acceptors (Lipinski definition) is 8. The summed E-state index contributed by atoms with van der Waals surface area (Å²) < 4.78 is 13.3. The maximum atomic E-state index is 5.90. The van der Waals surface area contributed by atoms with Gasteiger partial charge >= 0.3 is 0 Å². The van der Waals surface area contributed by atoms with Crippen LogP contribution in [0.25, 0.3) is 22.2 Å². The van der Waals surface area contributed by atoms with Crippen LogP contribution >= 0.6 is 23.1 Å². The van der Waals surface area contributed by atoms with Crippen molar-refractivity contribution < 1.29 is 9.15 Å². The molecule has 0 amide bonds. The summed E-state index contributed by atoms with van der Waals surface area (Å²) in [5.41, 5.74) is 1.00. The van der Waals surface area contributed by atoms with Gasteiger partial charge < -0.3 is 13.7 Å². The van der Waals surface area contributed by atoms with Gasteiger partial charge in [0.25, 0.3) is 5.89 Å². The summed E-state index contributed by atoms with van der Waals surface area (Å²) in [6.45, 7) is 7.22. The first kappa shape index (κ1) is 20.6. The minimum atomic E-state index is -0.0509. The fourth-order valence-corrected chi connectivity index (χ4v) is 4.50. The molecular weight excluding hydrogens is 418 g/mol. The van der Waals surface area contributed by atoms with Crippen LogP contribution in [0.15, 0.2) is 51.4 Å². The predicted octanol–water partition coefficient (Wildman–Crippen LogP) is 5.57. The summed E-state index contributed by atoms with van der Waals surface area (Å²) >= 11 is 3.15. The van der Waals surface area contributed by atoms with Crippen LogP contribution < -0.4 is 4.74 Å². The Bertz CT molecular complexity index is 1090. The van der Waals surface area contributed by atoms with E-state index in [-0.39, 0.29) is 5.25 Å². The second kappa shape index (κ2) is 9.01. The first-order valence-corrected chi connectivity index (χ1v) is 11.4. The molecule has 1 aromatic carbocycles. The van der Waals surface area contributed by atoms with Crippen molar-refractivity contribution in [1.82, 2.24) is 25.0 Å². The topological polar surface area (TPSA) is 78.9 Å². The van der Waals surface area contributed by atoms with Crippen LogP contribution in [-0.4, -0.2) is 32.1 Å². The lowest BCUT2D eigenvalue weighted by atomic mass is 10.2. The maximum Gasteiger partial charge on any atom is 0.257 e. The fraction of sp³-hybridized carbons (Fsp3) is 0.333. The van der Waals surface area contributed by atoms with Crippen LogP contribution in [0.5, 0.6) is 5.75 Å². The number of rotatable bonds is 8. The van der Waals surface area contributed by atoms with Gasteiger partial charge in [0.1, 0.15) is 5.75 Å². The van der Waals surface area contributed by atoms with E-state index in [1.54, 1.807) is 30.2 Å². The van der Waals surface area contributed by atoms with Crippen LogP contribution in [0.1, 0.15) is 31.9 Å². The van der Waals surface area contributed by atoms with Gasteiger partial charge in [-0.3, -0.25) is 0 Å². The Kier molecular flexibility index (Phi) is 6.19. The average molecular weight is 442 g/mol. The zero-order valence-electron chi connectivity index (χ0n) is 17.3. The van der Waals surface area contributed by atoms with Crippen molar-refractivity contribution in [1.29, 1.82) is 0 Å². The van der Waals surface area contributed by atoms with E-state index < -0.39 is 0 Å². The minimum Gasteiger partial charge on any atom is -0.497 e. The molecular formula is C21H23N5O2S2. The molecule has 0 aliphatic rings. The molecule has 0 unspecified atom stereocenters. The molecule has 0 aliphatic carbocycles.